The van der Waals surface area contributed by atoms with Crippen molar-refractivity contribution in [1.82, 2.24) is 0 Å². The summed E-state index contributed by atoms with van der Waals surface area (Å²) < 4.78 is 38.8. The molecule has 1 aliphatic rings. The number of esters is 2. The van der Waals surface area contributed by atoms with Crippen LogP contribution in [0.1, 0.15) is 194 Å². The fourth-order valence-electron chi connectivity index (χ4n) is 5.78. The minimum atomic E-state index is -3.64. The molecule has 1 rings (SSSR count). The lowest BCUT2D eigenvalue weighted by Gasteiger charge is -2.19. The van der Waals surface area contributed by atoms with Gasteiger partial charge in [0.1, 0.15) is 6.61 Å². The molecule has 0 radical (unpaired) electrons. The second kappa shape index (κ2) is 31.3. The Bertz CT molecular complexity index is 752. The second-order valence-electron chi connectivity index (χ2n) is 13.2. The molecule has 1 aliphatic heterocycles. The van der Waals surface area contributed by atoms with E-state index in [0.29, 0.717) is 12.8 Å². The van der Waals surface area contributed by atoms with Crippen molar-refractivity contribution in [3.05, 3.63) is 0 Å². The van der Waals surface area contributed by atoms with Crippen LogP contribution < -0.4 is 0 Å². The minimum absolute atomic E-state index is 0.137. The molecular weight excluding hydrogens is 603 g/mol. The van der Waals surface area contributed by atoms with Crippen molar-refractivity contribution < 1.29 is 37.2 Å². The molecule has 0 aromatic rings. The van der Waals surface area contributed by atoms with Gasteiger partial charge in [-0.1, -0.05) is 168 Å². The molecule has 0 saturated carbocycles. The van der Waals surface area contributed by atoms with Gasteiger partial charge in [0.15, 0.2) is 6.10 Å². The van der Waals surface area contributed by atoms with Crippen molar-refractivity contribution in [1.29, 1.82) is 0 Å². The summed E-state index contributed by atoms with van der Waals surface area (Å²) in [6.45, 7) is 4.54. The molecule has 1 saturated heterocycles. The average molecular weight is 675 g/mol. The summed E-state index contributed by atoms with van der Waals surface area (Å²) in [7, 11) is -3.64. The van der Waals surface area contributed by atoms with Crippen LogP contribution in [0.3, 0.4) is 0 Å². The van der Waals surface area contributed by atoms with E-state index in [1.807, 2.05) is 0 Å². The zero-order valence-electron chi connectivity index (χ0n) is 29.9. The molecule has 0 bridgehead atoms. The summed E-state index contributed by atoms with van der Waals surface area (Å²) in [5.74, 6) is -0.684. The van der Waals surface area contributed by atoms with Crippen molar-refractivity contribution in [3.63, 3.8) is 0 Å². The Morgan fingerprint density at radius 3 is 1.26 bits per heavy atom. The number of unbranched alkanes of at least 4 members (excludes halogenated alkanes) is 24. The Labute approximate surface area is 282 Å². The number of phosphoric acid groups is 1. The van der Waals surface area contributed by atoms with Crippen LogP contribution in [0.25, 0.3) is 0 Å². The first-order chi connectivity index (χ1) is 22.5. The molecule has 1 fully saturated rings. The van der Waals surface area contributed by atoms with Gasteiger partial charge in [-0.05, 0) is 12.8 Å². The molecule has 8 nitrogen and oxygen atoms in total. The Morgan fingerprint density at radius 2 is 0.870 bits per heavy atom. The summed E-state index contributed by atoms with van der Waals surface area (Å²) in [6.07, 6.45) is 32.0. The molecule has 272 valence electrons. The fourth-order valence-corrected chi connectivity index (χ4v) is 6.95. The largest absolute Gasteiger partial charge is 0.475 e. The van der Waals surface area contributed by atoms with E-state index in [9.17, 15) is 14.2 Å². The normalized spacial score (nSPS) is 14.8. The molecule has 1 atom stereocenters. The van der Waals surface area contributed by atoms with Gasteiger partial charge in [0.2, 0.25) is 0 Å². The highest BCUT2D eigenvalue weighted by atomic mass is 31.2. The van der Waals surface area contributed by atoms with E-state index in [0.717, 1.165) is 38.5 Å². The highest BCUT2D eigenvalue weighted by Gasteiger charge is 2.33. The van der Waals surface area contributed by atoms with Gasteiger partial charge in [0.25, 0.3) is 0 Å². The molecule has 0 aliphatic carbocycles. The number of hydrogen-bond acceptors (Lipinski definition) is 8. The Balaban J connectivity index is 2.15. The summed E-state index contributed by atoms with van der Waals surface area (Å²) in [5.41, 5.74) is 0. The Hall–Kier alpha value is -0.950. The van der Waals surface area contributed by atoms with Crippen molar-refractivity contribution in [3.8, 4) is 0 Å². The Kier molecular flexibility index (Phi) is 29.3. The third-order valence-corrected chi connectivity index (χ3v) is 10.2. The van der Waals surface area contributed by atoms with Crippen LogP contribution in [-0.4, -0.2) is 44.5 Å². The molecule has 0 amide bonds. The van der Waals surface area contributed by atoms with Gasteiger partial charge in [-0.15, -0.1) is 0 Å². The van der Waals surface area contributed by atoms with Crippen LogP contribution in [-0.2, 0) is 37.2 Å². The first kappa shape index (κ1) is 43.1. The van der Waals surface area contributed by atoms with Crippen LogP contribution in [0.4, 0.5) is 0 Å². The highest BCUT2D eigenvalue weighted by Crippen LogP contribution is 2.52. The van der Waals surface area contributed by atoms with Crippen LogP contribution in [0.5, 0.6) is 0 Å². The van der Waals surface area contributed by atoms with Gasteiger partial charge >= 0.3 is 19.8 Å². The molecule has 0 unspecified atom stereocenters. The van der Waals surface area contributed by atoms with E-state index in [1.54, 1.807) is 0 Å². The van der Waals surface area contributed by atoms with Crippen LogP contribution in [0.2, 0.25) is 0 Å². The monoisotopic (exact) mass is 674 g/mol. The van der Waals surface area contributed by atoms with E-state index in [4.69, 9.17) is 23.0 Å². The number of hydrogen-bond donors (Lipinski definition) is 0. The van der Waals surface area contributed by atoms with Crippen LogP contribution in [0.15, 0.2) is 0 Å². The van der Waals surface area contributed by atoms with Crippen molar-refractivity contribution in [2.45, 2.75) is 200 Å². The minimum Gasteiger partial charge on any atom is -0.462 e. The molecular formula is C37H71O8P. The van der Waals surface area contributed by atoms with E-state index < -0.39 is 13.9 Å². The van der Waals surface area contributed by atoms with Crippen molar-refractivity contribution in [2.75, 3.05) is 26.4 Å². The Morgan fingerprint density at radius 1 is 0.522 bits per heavy atom. The standard InChI is InChI=1S/C37H71O8P/c1-3-5-7-9-11-13-15-17-19-21-23-25-27-29-36(38)41-33-35(34-44-46(40)42-31-32-43-46)45-37(39)30-28-26-24-22-20-18-16-14-12-10-8-6-4-2/h35H,3-34H2,1-2H3/t35-/m1/s1. The summed E-state index contributed by atoms with van der Waals surface area (Å²) in [6, 6.07) is 0. The van der Waals surface area contributed by atoms with Gasteiger partial charge in [-0.3, -0.25) is 23.2 Å². The van der Waals surface area contributed by atoms with E-state index >= 15 is 0 Å². The van der Waals surface area contributed by atoms with Crippen LogP contribution >= 0.6 is 7.82 Å². The third kappa shape index (κ3) is 27.0. The van der Waals surface area contributed by atoms with E-state index in [2.05, 4.69) is 13.8 Å². The zero-order valence-corrected chi connectivity index (χ0v) is 30.8. The molecule has 9 heteroatoms. The van der Waals surface area contributed by atoms with Crippen molar-refractivity contribution in [2.24, 2.45) is 0 Å². The lowest BCUT2D eigenvalue weighted by atomic mass is 10.0. The molecule has 0 N–H and O–H groups in total. The fraction of sp³-hybridized carbons (Fsp3) is 0.946. The lowest BCUT2D eigenvalue weighted by molar-refractivity contribution is -0.161. The number of rotatable bonds is 34. The molecule has 0 aromatic carbocycles. The second-order valence-corrected chi connectivity index (χ2v) is 14.9. The summed E-state index contributed by atoms with van der Waals surface area (Å²) in [5, 5.41) is 0. The summed E-state index contributed by atoms with van der Waals surface area (Å²) >= 11 is 0. The molecule has 46 heavy (non-hydrogen) atoms. The van der Waals surface area contributed by atoms with E-state index in [-0.39, 0.29) is 38.4 Å². The predicted molar refractivity (Wildman–Crippen MR) is 187 cm³/mol. The van der Waals surface area contributed by atoms with E-state index in [1.165, 1.54) is 128 Å². The first-order valence-corrected chi connectivity index (χ1v) is 20.8. The molecule has 0 aromatic heterocycles. The quantitative estimate of drug-likeness (QED) is 0.0378. The van der Waals surface area contributed by atoms with Gasteiger partial charge in [0, 0.05) is 12.8 Å². The maximum absolute atomic E-state index is 12.5. The number of carbonyl (C=O) groups excluding carboxylic acids is 2. The first-order valence-electron chi connectivity index (χ1n) is 19.4. The summed E-state index contributed by atoms with van der Waals surface area (Å²) in [4.78, 5) is 24.9. The predicted octanol–water partition coefficient (Wildman–Crippen LogP) is 11.6. The number of phosphoric ester groups is 1. The van der Waals surface area contributed by atoms with Gasteiger partial charge < -0.3 is 9.47 Å². The number of carbonyl (C=O) groups is 2. The molecule has 1 heterocycles. The van der Waals surface area contributed by atoms with Crippen molar-refractivity contribution >= 4 is 19.8 Å². The smallest absolute Gasteiger partial charge is 0.462 e. The van der Waals surface area contributed by atoms with Gasteiger partial charge in [-0.2, -0.15) is 0 Å². The van der Waals surface area contributed by atoms with Gasteiger partial charge in [0.05, 0.1) is 19.8 Å². The maximum atomic E-state index is 12.5. The SMILES string of the molecule is CCCCCCCCCCCCCCCC(=O)OC[C@H](COP1(=O)OCCO1)OC(=O)CCCCCCCCCCCCCCC. The zero-order chi connectivity index (χ0) is 33.4. The van der Waals surface area contributed by atoms with Gasteiger partial charge in [-0.25, -0.2) is 4.57 Å². The topological polar surface area (TPSA) is 97.4 Å². The van der Waals surface area contributed by atoms with Crippen LogP contribution in [0, 0.1) is 0 Å². The number of ether oxygens (including phenoxy) is 2. The average Bonchev–Trinajstić information content (AvgIpc) is 3.49. The lowest BCUT2D eigenvalue weighted by Crippen LogP contribution is -2.29. The highest BCUT2D eigenvalue weighted by molar-refractivity contribution is 7.48. The maximum Gasteiger partial charge on any atom is 0.475 e. The third-order valence-electron chi connectivity index (χ3n) is 8.70. The molecule has 0 spiro atoms.